The standard InChI is InChI=1S/C23H26N2O4.ClH/c1-2-11-27-20-6-4-3-5-18(20)16-25(23(26)17-9-10-24-15-17)19-7-8-21-22(14-19)29-13-12-28-21;/h2-8,14,17,24H,1,9-13,15-16H2;1H. The highest BCUT2D eigenvalue weighted by Crippen LogP contribution is 2.35. The minimum atomic E-state index is -0.0375. The van der Waals surface area contributed by atoms with Crippen LogP contribution in [0.5, 0.6) is 17.2 Å². The summed E-state index contributed by atoms with van der Waals surface area (Å²) in [5.74, 6) is 2.21. The van der Waals surface area contributed by atoms with Crippen LogP contribution in [0.3, 0.4) is 0 Å². The Kier molecular flexibility index (Phi) is 7.60. The van der Waals surface area contributed by atoms with Crippen molar-refractivity contribution in [3.8, 4) is 17.2 Å². The summed E-state index contributed by atoms with van der Waals surface area (Å²) in [5, 5.41) is 3.28. The van der Waals surface area contributed by atoms with E-state index in [1.54, 1.807) is 6.08 Å². The summed E-state index contributed by atoms with van der Waals surface area (Å²) in [6.07, 6.45) is 2.55. The van der Waals surface area contributed by atoms with Crippen LogP contribution in [0, 0.1) is 5.92 Å². The van der Waals surface area contributed by atoms with Gasteiger partial charge in [0, 0.05) is 23.9 Å². The highest BCUT2D eigenvalue weighted by Gasteiger charge is 2.29. The van der Waals surface area contributed by atoms with Crippen molar-refractivity contribution >= 4 is 24.0 Å². The lowest BCUT2D eigenvalue weighted by molar-refractivity contribution is -0.122. The van der Waals surface area contributed by atoms with Crippen molar-refractivity contribution in [3.63, 3.8) is 0 Å². The Morgan fingerprint density at radius 2 is 2.00 bits per heavy atom. The average Bonchev–Trinajstić information content (AvgIpc) is 3.31. The molecule has 30 heavy (non-hydrogen) atoms. The molecule has 0 spiro atoms. The molecule has 1 atom stereocenters. The number of benzene rings is 2. The van der Waals surface area contributed by atoms with Crippen LogP contribution in [0.2, 0.25) is 0 Å². The molecule has 1 saturated heterocycles. The Morgan fingerprint density at radius 3 is 2.77 bits per heavy atom. The smallest absolute Gasteiger partial charge is 0.231 e. The van der Waals surface area contributed by atoms with Crippen molar-refractivity contribution in [2.45, 2.75) is 13.0 Å². The predicted molar refractivity (Wildman–Crippen MR) is 119 cm³/mol. The second kappa shape index (κ2) is 10.4. The van der Waals surface area contributed by atoms with Crippen LogP contribution in [0.25, 0.3) is 0 Å². The lowest BCUT2D eigenvalue weighted by Gasteiger charge is -2.28. The van der Waals surface area contributed by atoms with E-state index in [0.29, 0.717) is 44.4 Å². The number of amides is 1. The number of hydrogen-bond donors (Lipinski definition) is 1. The van der Waals surface area contributed by atoms with E-state index in [2.05, 4.69) is 11.9 Å². The largest absolute Gasteiger partial charge is 0.489 e. The summed E-state index contributed by atoms with van der Waals surface area (Å²) < 4.78 is 17.2. The number of nitrogens with zero attached hydrogens (tertiary/aromatic N) is 1. The molecule has 2 aromatic carbocycles. The SMILES string of the molecule is C=CCOc1ccccc1CN(C(=O)C1CCNC1)c1ccc2c(c1)OCCO2.Cl. The molecule has 0 saturated carbocycles. The molecule has 0 bridgehead atoms. The van der Waals surface area contributed by atoms with Crippen molar-refractivity contribution in [2.24, 2.45) is 5.92 Å². The highest BCUT2D eigenvalue weighted by molar-refractivity contribution is 5.95. The molecule has 1 fully saturated rings. The van der Waals surface area contributed by atoms with E-state index in [4.69, 9.17) is 14.2 Å². The van der Waals surface area contributed by atoms with Crippen LogP contribution in [-0.4, -0.2) is 38.8 Å². The molecule has 2 heterocycles. The summed E-state index contributed by atoms with van der Waals surface area (Å²) in [6, 6.07) is 13.5. The molecule has 4 rings (SSSR count). The van der Waals surface area contributed by atoms with Gasteiger partial charge in [-0.25, -0.2) is 0 Å². The minimum absolute atomic E-state index is 0. The van der Waals surface area contributed by atoms with Gasteiger partial charge in [0.2, 0.25) is 5.91 Å². The first-order chi connectivity index (χ1) is 14.3. The van der Waals surface area contributed by atoms with E-state index in [9.17, 15) is 4.79 Å². The number of halogens is 1. The highest BCUT2D eigenvalue weighted by atomic mass is 35.5. The van der Waals surface area contributed by atoms with E-state index in [1.807, 2.05) is 47.4 Å². The first-order valence-corrected chi connectivity index (χ1v) is 9.99. The predicted octanol–water partition coefficient (Wildman–Crippen LogP) is 3.59. The van der Waals surface area contributed by atoms with E-state index in [1.165, 1.54) is 0 Å². The van der Waals surface area contributed by atoms with Gasteiger partial charge in [-0.15, -0.1) is 12.4 Å². The fourth-order valence-corrected chi connectivity index (χ4v) is 3.68. The number of fused-ring (bicyclic) bond motifs is 1. The minimum Gasteiger partial charge on any atom is -0.489 e. The third-order valence-corrected chi connectivity index (χ3v) is 5.17. The number of hydrogen-bond acceptors (Lipinski definition) is 5. The van der Waals surface area contributed by atoms with Gasteiger partial charge in [-0.1, -0.05) is 30.9 Å². The van der Waals surface area contributed by atoms with Gasteiger partial charge in [-0.05, 0) is 31.2 Å². The van der Waals surface area contributed by atoms with Gasteiger partial charge in [0.1, 0.15) is 25.6 Å². The topological polar surface area (TPSA) is 60.0 Å². The molecule has 1 amide bonds. The Labute approximate surface area is 183 Å². The van der Waals surface area contributed by atoms with Crippen molar-refractivity contribution in [1.29, 1.82) is 0 Å². The fourth-order valence-electron chi connectivity index (χ4n) is 3.68. The molecule has 0 aromatic heterocycles. The maximum atomic E-state index is 13.4. The number of carbonyl (C=O) groups is 1. The van der Waals surface area contributed by atoms with Crippen LogP contribution in [0.4, 0.5) is 5.69 Å². The first-order valence-electron chi connectivity index (χ1n) is 9.99. The maximum Gasteiger partial charge on any atom is 0.231 e. The molecular weight excluding hydrogens is 404 g/mol. The summed E-state index contributed by atoms with van der Waals surface area (Å²) in [5.41, 5.74) is 1.74. The van der Waals surface area contributed by atoms with Crippen LogP contribution >= 0.6 is 12.4 Å². The maximum absolute atomic E-state index is 13.4. The van der Waals surface area contributed by atoms with Gasteiger partial charge in [0.05, 0.1) is 12.5 Å². The molecule has 2 aromatic rings. The fraction of sp³-hybridized carbons (Fsp3) is 0.348. The van der Waals surface area contributed by atoms with Crippen molar-refractivity contribution in [1.82, 2.24) is 5.32 Å². The average molecular weight is 431 g/mol. The van der Waals surface area contributed by atoms with E-state index in [0.717, 1.165) is 30.0 Å². The van der Waals surface area contributed by atoms with E-state index in [-0.39, 0.29) is 24.2 Å². The summed E-state index contributed by atoms with van der Waals surface area (Å²) >= 11 is 0. The number of rotatable bonds is 7. The number of carbonyl (C=O) groups excluding carboxylic acids is 1. The zero-order valence-corrected chi connectivity index (χ0v) is 17.7. The Morgan fingerprint density at radius 1 is 1.20 bits per heavy atom. The summed E-state index contributed by atoms with van der Waals surface area (Å²) in [6.45, 7) is 7.17. The third kappa shape index (κ3) is 4.89. The van der Waals surface area contributed by atoms with Crippen LogP contribution in [0.15, 0.2) is 55.1 Å². The van der Waals surface area contributed by atoms with Gasteiger partial charge < -0.3 is 24.4 Å². The zero-order chi connectivity index (χ0) is 20.1. The lowest BCUT2D eigenvalue weighted by Crippen LogP contribution is -2.37. The van der Waals surface area contributed by atoms with Gasteiger partial charge in [0.25, 0.3) is 0 Å². The van der Waals surface area contributed by atoms with Gasteiger partial charge in [-0.2, -0.15) is 0 Å². The van der Waals surface area contributed by atoms with Crippen molar-refractivity contribution in [2.75, 3.05) is 37.8 Å². The van der Waals surface area contributed by atoms with Crippen LogP contribution < -0.4 is 24.4 Å². The van der Waals surface area contributed by atoms with E-state index < -0.39 is 0 Å². The van der Waals surface area contributed by atoms with Gasteiger partial charge >= 0.3 is 0 Å². The van der Waals surface area contributed by atoms with Crippen LogP contribution in [0.1, 0.15) is 12.0 Å². The number of nitrogens with one attached hydrogen (secondary N) is 1. The number of anilines is 1. The molecule has 2 aliphatic rings. The van der Waals surface area contributed by atoms with Gasteiger partial charge in [-0.3, -0.25) is 4.79 Å². The summed E-state index contributed by atoms with van der Waals surface area (Å²) in [7, 11) is 0. The Bertz CT molecular complexity index is 883. The second-order valence-electron chi connectivity index (χ2n) is 7.15. The normalized spacial score (nSPS) is 17.0. The third-order valence-electron chi connectivity index (χ3n) is 5.17. The number of ether oxygens (including phenoxy) is 3. The van der Waals surface area contributed by atoms with Crippen LogP contribution in [-0.2, 0) is 11.3 Å². The second-order valence-corrected chi connectivity index (χ2v) is 7.15. The molecule has 7 heteroatoms. The quantitative estimate of drug-likeness (QED) is 0.680. The molecule has 0 aliphatic carbocycles. The zero-order valence-electron chi connectivity index (χ0n) is 16.8. The van der Waals surface area contributed by atoms with Gasteiger partial charge in [0.15, 0.2) is 11.5 Å². The molecule has 0 radical (unpaired) electrons. The molecule has 160 valence electrons. The Balaban J connectivity index is 0.00000256. The lowest BCUT2D eigenvalue weighted by atomic mass is 10.1. The monoisotopic (exact) mass is 430 g/mol. The molecular formula is C23H27ClN2O4. The van der Waals surface area contributed by atoms with Crippen molar-refractivity contribution in [3.05, 3.63) is 60.7 Å². The molecule has 1 N–H and O–H groups in total. The molecule has 6 nitrogen and oxygen atoms in total. The van der Waals surface area contributed by atoms with Crippen molar-refractivity contribution < 1.29 is 19.0 Å². The Hall–Kier alpha value is -2.70. The summed E-state index contributed by atoms with van der Waals surface area (Å²) in [4.78, 5) is 15.2. The molecule has 2 aliphatic heterocycles. The first kappa shape index (κ1) is 22.0. The molecule has 1 unspecified atom stereocenters. The van der Waals surface area contributed by atoms with E-state index >= 15 is 0 Å². The number of para-hydroxylation sites is 1.